The highest BCUT2D eigenvalue weighted by Crippen LogP contribution is 2.30. The van der Waals surface area contributed by atoms with Crippen molar-refractivity contribution < 1.29 is 8.42 Å². The Morgan fingerprint density at radius 2 is 2.05 bits per heavy atom. The van der Waals surface area contributed by atoms with E-state index in [1.54, 1.807) is 36.5 Å². The van der Waals surface area contributed by atoms with Crippen molar-refractivity contribution in [1.29, 1.82) is 0 Å². The highest BCUT2D eigenvalue weighted by atomic mass is 32.2. The Morgan fingerprint density at radius 3 is 2.80 bits per heavy atom. The van der Waals surface area contributed by atoms with Crippen LogP contribution in [-0.2, 0) is 23.5 Å². The first-order valence-electron chi connectivity index (χ1n) is 6.66. The van der Waals surface area contributed by atoms with E-state index in [1.165, 1.54) is 0 Å². The number of fused-ring (bicyclic) bond motifs is 1. The van der Waals surface area contributed by atoms with Crippen molar-refractivity contribution in [3.63, 3.8) is 0 Å². The molecule has 1 aromatic carbocycles. The van der Waals surface area contributed by atoms with Crippen molar-refractivity contribution in [2.75, 3.05) is 0 Å². The highest BCUT2D eigenvalue weighted by Gasteiger charge is 2.27. The fraction of sp³-hybridized carbons (Fsp3) is 0.357. The fourth-order valence-electron chi connectivity index (χ4n) is 2.68. The molecule has 106 valence electrons. The van der Waals surface area contributed by atoms with E-state index in [-0.39, 0.29) is 6.04 Å². The van der Waals surface area contributed by atoms with E-state index in [4.69, 9.17) is 0 Å². The van der Waals surface area contributed by atoms with Gasteiger partial charge in [0.1, 0.15) is 0 Å². The minimum Gasteiger partial charge on any atom is -0.272 e. The van der Waals surface area contributed by atoms with Crippen LogP contribution in [0.5, 0.6) is 0 Å². The molecule has 3 rings (SSSR count). The van der Waals surface area contributed by atoms with E-state index in [2.05, 4.69) is 9.82 Å². The van der Waals surface area contributed by atoms with E-state index >= 15 is 0 Å². The van der Waals surface area contributed by atoms with Gasteiger partial charge in [-0.05, 0) is 31.4 Å². The third kappa shape index (κ3) is 2.36. The lowest BCUT2D eigenvalue weighted by molar-refractivity contribution is 0.498. The van der Waals surface area contributed by atoms with E-state index < -0.39 is 10.0 Å². The summed E-state index contributed by atoms with van der Waals surface area (Å²) in [5.74, 6) is 0. The molecule has 6 heteroatoms. The predicted molar refractivity (Wildman–Crippen MR) is 75.7 cm³/mol. The van der Waals surface area contributed by atoms with Crippen molar-refractivity contribution in [1.82, 2.24) is 14.5 Å². The molecule has 1 aromatic heterocycles. The summed E-state index contributed by atoms with van der Waals surface area (Å²) in [6, 6.07) is 8.29. The highest BCUT2D eigenvalue weighted by molar-refractivity contribution is 7.89. The topological polar surface area (TPSA) is 64.0 Å². The number of nitrogens with one attached hydrogen (secondary N) is 1. The number of hydrogen-bond donors (Lipinski definition) is 1. The second-order valence-electron chi connectivity index (χ2n) is 5.05. The summed E-state index contributed by atoms with van der Waals surface area (Å²) < 4.78 is 29.4. The van der Waals surface area contributed by atoms with Gasteiger partial charge in [-0.3, -0.25) is 4.68 Å². The normalized spacial score (nSPS) is 18.8. The Morgan fingerprint density at radius 1 is 1.30 bits per heavy atom. The van der Waals surface area contributed by atoms with Crippen molar-refractivity contribution in [2.45, 2.75) is 30.2 Å². The van der Waals surface area contributed by atoms with Gasteiger partial charge in [0.25, 0.3) is 0 Å². The van der Waals surface area contributed by atoms with Gasteiger partial charge in [0.15, 0.2) is 0 Å². The maximum atomic E-state index is 12.4. The Kier molecular flexibility index (Phi) is 3.35. The van der Waals surface area contributed by atoms with Gasteiger partial charge in [-0.15, -0.1) is 0 Å². The van der Waals surface area contributed by atoms with Crippen molar-refractivity contribution in [3.05, 3.63) is 47.8 Å². The number of hydrogen-bond acceptors (Lipinski definition) is 3. The summed E-state index contributed by atoms with van der Waals surface area (Å²) >= 11 is 0. The molecule has 20 heavy (non-hydrogen) atoms. The predicted octanol–water partition coefficient (Wildman–Crippen LogP) is 1.78. The maximum Gasteiger partial charge on any atom is 0.241 e. The number of rotatable bonds is 3. The van der Waals surface area contributed by atoms with Gasteiger partial charge >= 0.3 is 0 Å². The molecular weight excluding hydrogens is 274 g/mol. The Balaban J connectivity index is 1.89. The summed E-state index contributed by atoms with van der Waals surface area (Å²) in [5.41, 5.74) is 2.12. The first-order chi connectivity index (χ1) is 9.58. The first-order valence-corrected chi connectivity index (χ1v) is 8.14. The van der Waals surface area contributed by atoms with E-state index in [9.17, 15) is 8.42 Å². The van der Waals surface area contributed by atoms with Crippen LogP contribution in [0.1, 0.15) is 30.1 Å². The van der Waals surface area contributed by atoms with Gasteiger partial charge in [0.05, 0.1) is 17.1 Å². The Labute approximate surface area is 118 Å². The molecule has 1 heterocycles. The van der Waals surface area contributed by atoms with E-state index in [0.29, 0.717) is 4.90 Å². The Hall–Kier alpha value is -1.66. The van der Waals surface area contributed by atoms with Crippen LogP contribution < -0.4 is 4.72 Å². The molecule has 0 amide bonds. The molecule has 0 bridgehead atoms. The SMILES string of the molecule is Cn1ncc2c1CCC[C@H]2NS(=O)(=O)c1ccccc1. The van der Waals surface area contributed by atoms with Gasteiger partial charge in [-0.2, -0.15) is 5.10 Å². The monoisotopic (exact) mass is 291 g/mol. The molecule has 2 aromatic rings. The van der Waals surface area contributed by atoms with Crippen LogP contribution in [0.15, 0.2) is 41.4 Å². The van der Waals surface area contributed by atoms with Crippen molar-refractivity contribution in [2.24, 2.45) is 7.05 Å². The van der Waals surface area contributed by atoms with Gasteiger partial charge in [0.2, 0.25) is 10.0 Å². The van der Waals surface area contributed by atoms with Crippen LogP contribution in [0.25, 0.3) is 0 Å². The number of benzene rings is 1. The minimum atomic E-state index is -3.48. The second-order valence-corrected chi connectivity index (χ2v) is 6.76. The molecule has 0 fully saturated rings. The van der Waals surface area contributed by atoms with Gasteiger partial charge < -0.3 is 0 Å². The van der Waals surface area contributed by atoms with E-state index in [1.807, 2.05) is 11.7 Å². The molecule has 1 atom stereocenters. The van der Waals surface area contributed by atoms with Gasteiger partial charge in [-0.1, -0.05) is 18.2 Å². The standard InChI is InChI=1S/C14H17N3O2S/c1-17-14-9-5-8-13(12(14)10-15-17)16-20(18,19)11-6-3-2-4-7-11/h2-4,6-7,10,13,16H,5,8-9H2,1H3/t13-/m1/s1. The largest absolute Gasteiger partial charge is 0.272 e. The summed E-state index contributed by atoms with van der Waals surface area (Å²) in [5, 5.41) is 4.23. The fourth-order valence-corrected chi connectivity index (χ4v) is 3.95. The molecule has 5 nitrogen and oxygen atoms in total. The molecule has 0 unspecified atom stereocenters. The van der Waals surface area contributed by atoms with Crippen LogP contribution >= 0.6 is 0 Å². The zero-order valence-electron chi connectivity index (χ0n) is 11.3. The average molecular weight is 291 g/mol. The summed E-state index contributed by atoms with van der Waals surface area (Å²) in [4.78, 5) is 0.302. The minimum absolute atomic E-state index is 0.183. The lowest BCUT2D eigenvalue weighted by Crippen LogP contribution is -2.31. The number of aromatic nitrogens is 2. The molecule has 1 aliphatic rings. The van der Waals surface area contributed by atoms with Gasteiger partial charge in [-0.25, -0.2) is 13.1 Å². The molecule has 1 aliphatic carbocycles. The molecule has 0 saturated heterocycles. The van der Waals surface area contributed by atoms with Crippen LogP contribution in [-0.4, -0.2) is 18.2 Å². The maximum absolute atomic E-state index is 12.4. The molecule has 1 N–H and O–H groups in total. The van der Waals surface area contributed by atoms with Crippen LogP contribution in [0.4, 0.5) is 0 Å². The third-order valence-corrected chi connectivity index (χ3v) is 5.21. The summed E-state index contributed by atoms with van der Waals surface area (Å²) in [6.45, 7) is 0. The first kappa shape index (κ1) is 13.3. The molecule has 0 aliphatic heterocycles. The van der Waals surface area contributed by atoms with Crippen LogP contribution in [0.3, 0.4) is 0 Å². The number of sulfonamides is 1. The van der Waals surface area contributed by atoms with Crippen LogP contribution in [0.2, 0.25) is 0 Å². The average Bonchev–Trinajstić information content (AvgIpc) is 2.83. The number of nitrogens with zero attached hydrogens (tertiary/aromatic N) is 2. The third-order valence-electron chi connectivity index (χ3n) is 3.73. The van der Waals surface area contributed by atoms with E-state index in [0.717, 1.165) is 30.5 Å². The van der Waals surface area contributed by atoms with Gasteiger partial charge in [0, 0.05) is 18.3 Å². The molecule has 0 radical (unpaired) electrons. The lowest BCUT2D eigenvalue weighted by Gasteiger charge is -2.23. The Bertz CT molecular complexity index is 707. The smallest absolute Gasteiger partial charge is 0.241 e. The zero-order chi connectivity index (χ0) is 14.2. The van der Waals surface area contributed by atoms with Crippen molar-refractivity contribution >= 4 is 10.0 Å². The molecular formula is C14H17N3O2S. The second kappa shape index (κ2) is 5.03. The molecule has 0 saturated carbocycles. The number of aryl methyl sites for hydroxylation is 1. The quantitative estimate of drug-likeness (QED) is 0.937. The summed E-state index contributed by atoms with van der Waals surface area (Å²) in [7, 11) is -1.58. The van der Waals surface area contributed by atoms with Crippen LogP contribution in [0, 0.1) is 0 Å². The van der Waals surface area contributed by atoms with Crippen molar-refractivity contribution in [3.8, 4) is 0 Å². The molecule has 0 spiro atoms. The zero-order valence-corrected chi connectivity index (χ0v) is 12.1. The summed E-state index contributed by atoms with van der Waals surface area (Å²) in [6.07, 6.45) is 4.50. The lowest BCUT2D eigenvalue weighted by atomic mass is 9.94.